The summed E-state index contributed by atoms with van der Waals surface area (Å²) in [7, 11) is 1.62. The summed E-state index contributed by atoms with van der Waals surface area (Å²) in [6.45, 7) is 1.81. The van der Waals surface area contributed by atoms with Crippen LogP contribution in [-0.4, -0.2) is 27.8 Å². The maximum absolute atomic E-state index is 12.5. The lowest BCUT2D eigenvalue weighted by atomic mass is 10.3. The van der Waals surface area contributed by atoms with Crippen LogP contribution >= 0.6 is 35.0 Å². The van der Waals surface area contributed by atoms with Crippen LogP contribution in [0.2, 0.25) is 10.0 Å². The molecule has 5 nitrogen and oxygen atoms in total. The standard InChI is InChI=1S/C19H17Cl2N3O2S/c1-12(18(25)23-16-5-3-4-15(20)17(16)21)27-19-22-10-11-24(19)13-6-8-14(26-2)9-7-13/h3-12H,1-2H3,(H,23,25)/t12-/m1/s1. The topological polar surface area (TPSA) is 56.2 Å². The molecule has 0 aliphatic carbocycles. The third kappa shape index (κ3) is 4.58. The summed E-state index contributed by atoms with van der Waals surface area (Å²) in [6, 6.07) is 12.7. The van der Waals surface area contributed by atoms with Gasteiger partial charge in [0.2, 0.25) is 5.91 Å². The van der Waals surface area contributed by atoms with Crippen molar-refractivity contribution in [3.05, 3.63) is 64.9 Å². The second-order valence-corrected chi connectivity index (χ2v) is 7.72. The van der Waals surface area contributed by atoms with Gasteiger partial charge in [0.05, 0.1) is 28.1 Å². The fourth-order valence-electron chi connectivity index (χ4n) is 2.36. The fourth-order valence-corrected chi connectivity index (χ4v) is 3.59. The van der Waals surface area contributed by atoms with Gasteiger partial charge < -0.3 is 10.1 Å². The number of hydrogen-bond acceptors (Lipinski definition) is 4. The van der Waals surface area contributed by atoms with E-state index in [4.69, 9.17) is 27.9 Å². The average molecular weight is 422 g/mol. The Balaban J connectivity index is 1.72. The van der Waals surface area contributed by atoms with E-state index >= 15 is 0 Å². The molecule has 0 bridgehead atoms. The van der Waals surface area contributed by atoms with Crippen molar-refractivity contribution in [1.82, 2.24) is 9.55 Å². The second kappa shape index (κ2) is 8.69. The quantitative estimate of drug-likeness (QED) is 0.548. The van der Waals surface area contributed by atoms with E-state index in [9.17, 15) is 4.79 Å². The number of aromatic nitrogens is 2. The molecule has 1 amide bonds. The van der Waals surface area contributed by atoms with Crippen molar-refractivity contribution >= 4 is 46.6 Å². The van der Waals surface area contributed by atoms with Crippen molar-refractivity contribution < 1.29 is 9.53 Å². The minimum atomic E-state index is -0.389. The van der Waals surface area contributed by atoms with Gasteiger partial charge in [0.1, 0.15) is 5.75 Å². The molecule has 1 N–H and O–H groups in total. The van der Waals surface area contributed by atoms with Gasteiger partial charge in [-0.1, -0.05) is 41.0 Å². The number of ether oxygens (including phenoxy) is 1. The average Bonchev–Trinajstić information content (AvgIpc) is 3.13. The van der Waals surface area contributed by atoms with Gasteiger partial charge in [0.15, 0.2) is 5.16 Å². The van der Waals surface area contributed by atoms with Crippen molar-refractivity contribution in [2.24, 2.45) is 0 Å². The molecule has 1 atom stereocenters. The summed E-state index contributed by atoms with van der Waals surface area (Å²) in [5.41, 5.74) is 1.42. The summed E-state index contributed by atoms with van der Waals surface area (Å²) in [4.78, 5) is 16.9. The molecule has 0 saturated heterocycles. The lowest BCUT2D eigenvalue weighted by Gasteiger charge is -2.14. The summed E-state index contributed by atoms with van der Waals surface area (Å²) in [5, 5.41) is 3.84. The highest BCUT2D eigenvalue weighted by molar-refractivity contribution is 8.00. The van der Waals surface area contributed by atoms with Crippen LogP contribution < -0.4 is 10.1 Å². The van der Waals surface area contributed by atoms with Gasteiger partial charge in [0, 0.05) is 18.1 Å². The Kier molecular flexibility index (Phi) is 6.31. The van der Waals surface area contributed by atoms with E-state index in [0.717, 1.165) is 11.4 Å². The van der Waals surface area contributed by atoms with Gasteiger partial charge in [-0.2, -0.15) is 0 Å². The molecule has 3 aromatic rings. The number of imidazole rings is 1. The van der Waals surface area contributed by atoms with Crippen LogP contribution in [0.1, 0.15) is 6.92 Å². The van der Waals surface area contributed by atoms with Crippen LogP contribution in [0, 0.1) is 0 Å². The largest absolute Gasteiger partial charge is 0.497 e. The van der Waals surface area contributed by atoms with Crippen molar-refractivity contribution in [3.8, 4) is 11.4 Å². The van der Waals surface area contributed by atoms with E-state index in [1.54, 1.807) is 31.5 Å². The van der Waals surface area contributed by atoms with Crippen LogP contribution in [0.15, 0.2) is 60.0 Å². The Hall–Kier alpha value is -2.15. The molecule has 2 aromatic carbocycles. The first kappa shape index (κ1) is 19.6. The molecule has 1 aromatic heterocycles. The van der Waals surface area contributed by atoms with E-state index in [-0.39, 0.29) is 11.2 Å². The third-order valence-corrected chi connectivity index (χ3v) is 5.72. The Morgan fingerprint density at radius 3 is 2.67 bits per heavy atom. The van der Waals surface area contributed by atoms with E-state index < -0.39 is 0 Å². The first-order valence-corrected chi connectivity index (χ1v) is 9.72. The highest BCUT2D eigenvalue weighted by Gasteiger charge is 2.19. The summed E-state index contributed by atoms with van der Waals surface area (Å²) in [6.07, 6.45) is 3.55. The predicted molar refractivity (Wildman–Crippen MR) is 111 cm³/mol. The number of hydrogen-bond donors (Lipinski definition) is 1. The number of methoxy groups -OCH3 is 1. The molecular formula is C19H17Cl2N3O2S. The number of benzene rings is 2. The van der Waals surface area contributed by atoms with Crippen LogP contribution in [0.5, 0.6) is 5.75 Å². The summed E-state index contributed by atoms with van der Waals surface area (Å²) < 4.78 is 7.10. The van der Waals surface area contributed by atoms with E-state index in [1.165, 1.54) is 11.8 Å². The third-order valence-electron chi connectivity index (χ3n) is 3.82. The molecule has 0 fully saturated rings. The zero-order valence-electron chi connectivity index (χ0n) is 14.6. The van der Waals surface area contributed by atoms with Gasteiger partial charge in [-0.05, 0) is 43.3 Å². The number of nitrogens with zero attached hydrogens (tertiary/aromatic N) is 2. The van der Waals surface area contributed by atoms with E-state index in [1.807, 2.05) is 42.0 Å². The first-order chi connectivity index (χ1) is 13.0. The van der Waals surface area contributed by atoms with Crippen LogP contribution in [-0.2, 0) is 4.79 Å². The maximum Gasteiger partial charge on any atom is 0.237 e. The van der Waals surface area contributed by atoms with Gasteiger partial charge in [-0.15, -0.1) is 0 Å². The lowest BCUT2D eigenvalue weighted by molar-refractivity contribution is -0.115. The normalized spacial score (nSPS) is 11.9. The number of amides is 1. The van der Waals surface area contributed by atoms with E-state index in [2.05, 4.69) is 10.3 Å². The lowest BCUT2D eigenvalue weighted by Crippen LogP contribution is -2.23. The SMILES string of the molecule is COc1ccc(-n2ccnc2S[C@H](C)C(=O)Nc2cccc(Cl)c2Cl)cc1. The zero-order chi connectivity index (χ0) is 19.4. The molecule has 3 rings (SSSR count). The molecule has 140 valence electrons. The highest BCUT2D eigenvalue weighted by Crippen LogP contribution is 2.31. The van der Waals surface area contributed by atoms with Crippen molar-refractivity contribution in [1.29, 1.82) is 0 Å². The van der Waals surface area contributed by atoms with Crippen LogP contribution in [0.25, 0.3) is 5.69 Å². The Labute approximate surface area is 171 Å². The first-order valence-electron chi connectivity index (χ1n) is 8.09. The number of halogens is 2. The smallest absolute Gasteiger partial charge is 0.237 e. The number of anilines is 1. The predicted octanol–water partition coefficient (Wildman–Crippen LogP) is 5.31. The molecule has 0 aliphatic heterocycles. The number of carbonyl (C=O) groups is 1. The molecule has 0 saturated carbocycles. The zero-order valence-corrected chi connectivity index (χ0v) is 17.0. The van der Waals surface area contributed by atoms with E-state index in [0.29, 0.717) is 20.9 Å². The van der Waals surface area contributed by atoms with Crippen molar-refractivity contribution in [3.63, 3.8) is 0 Å². The molecule has 0 unspecified atom stereocenters. The minimum absolute atomic E-state index is 0.187. The highest BCUT2D eigenvalue weighted by atomic mass is 35.5. The van der Waals surface area contributed by atoms with Crippen molar-refractivity contribution in [2.75, 3.05) is 12.4 Å². The summed E-state index contributed by atoms with van der Waals surface area (Å²) >= 11 is 13.5. The second-order valence-electron chi connectivity index (χ2n) is 5.63. The van der Waals surface area contributed by atoms with Gasteiger partial charge in [-0.25, -0.2) is 4.98 Å². The van der Waals surface area contributed by atoms with Crippen molar-refractivity contribution in [2.45, 2.75) is 17.3 Å². The molecule has 27 heavy (non-hydrogen) atoms. The summed E-state index contributed by atoms with van der Waals surface area (Å²) in [5.74, 6) is 0.590. The Morgan fingerprint density at radius 1 is 1.22 bits per heavy atom. The number of carbonyl (C=O) groups excluding carboxylic acids is 1. The molecule has 0 aliphatic rings. The van der Waals surface area contributed by atoms with Crippen LogP contribution in [0.3, 0.4) is 0 Å². The molecule has 0 spiro atoms. The minimum Gasteiger partial charge on any atom is -0.497 e. The number of thioether (sulfide) groups is 1. The van der Waals surface area contributed by atoms with Crippen LogP contribution in [0.4, 0.5) is 5.69 Å². The Morgan fingerprint density at radius 2 is 1.96 bits per heavy atom. The maximum atomic E-state index is 12.5. The molecule has 0 radical (unpaired) electrons. The number of nitrogens with one attached hydrogen (secondary N) is 1. The molecule has 8 heteroatoms. The number of rotatable bonds is 6. The monoisotopic (exact) mass is 421 g/mol. The van der Waals surface area contributed by atoms with Gasteiger partial charge >= 0.3 is 0 Å². The molecule has 1 heterocycles. The van der Waals surface area contributed by atoms with Gasteiger partial charge in [-0.3, -0.25) is 9.36 Å². The fraction of sp³-hybridized carbons (Fsp3) is 0.158. The van der Waals surface area contributed by atoms with Gasteiger partial charge in [0.25, 0.3) is 0 Å². The molecular weight excluding hydrogens is 405 g/mol. The Bertz CT molecular complexity index is 944.